The third kappa shape index (κ3) is 2.05. The SMILES string of the molecule is CC1CCC(N2CCCC2)C(C)O1. The fourth-order valence-electron chi connectivity index (χ4n) is 2.72. The fourth-order valence-corrected chi connectivity index (χ4v) is 2.72. The average Bonchev–Trinajstić information content (AvgIpc) is 2.56. The zero-order valence-corrected chi connectivity index (χ0v) is 8.83. The van der Waals surface area contributed by atoms with Gasteiger partial charge in [0.1, 0.15) is 0 Å². The van der Waals surface area contributed by atoms with Gasteiger partial charge in [0.25, 0.3) is 0 Å². The number of nitrogens with zero attached hydrogens (tertiary/aromatic N) is 1. The van der Waals surface area contributed by atoms with Gasteiger partial charge in [-0.1, -0.05) is 0 Å². The third-order valence-corrected chi connectivity index (χ3v) is 3.47. The van der Waals surface area contributed by atoms with Gasteiger partial charge >= 0.3 is 0 Å². The molecule has 2 heterocycles. The summed E-state index contributed by atoms with van der Waals surface area (Å²) in [6, 6.07) is 0.707. The van der Waals surface area contributed by atoms with Gasteiger partial charge in [-0.2, -0.15) is 0 Å². The van der Waals surface area contributed by atoms with Gasteiger partial charge in [0.2, 0.25) is 0 Å². The Kier molecular flexibility index (Phi) is 2.89. The summed E-state index contributed by atoms with van der Waals surface area (Å²) in [7, 11) is 0. The van der Waals surface area contributed by atoms with Crippen LogP contribution >= 0.6 is 0 Å². The molecule has 0 radical (unpaired) electrons. The summed E-state index contributed by atoms with van der Waals surface area (Å²) in [5, 5.41) is 0. The summed E-state index contributed by atoms with van der Waals surface area (Å²) in [5.41, 5.74) is 0. The molecule has 2 rings (SSSR count). The Hall–Kier alpha value is -0.0800. The van der Waals surface area contributed by atoms with Crippen molar-refractivity contribution < 1.29 is 4.74 Å². The van der Waals surface area contributed by atoms with Crippen molar-refractivity contribution in [2.24, 2.45) is 0 Å². The monoisotopic (exact) mass is 183 g/mol. The Morgan fingerprint density at radius 1 is 1.08 bits per heavy atom. The van der Waals surface area contributed by atoms with E-state index in [0.29, 0.717) is 18.2 Å². The highest BCUT2D eigenvalue weighted by molar-refractivity contribution is 4.84. The van der Waals surface area contributed by atoms with Crippen LogP contribution in [0.5, 0.6) is 0 Å². The number of likely N-dealkylation sites (tertiary alicyclic amines) is 1. The maximum atomic E-state index is 5.87. The summed E-state index contributed by atoms with van der Waals surface area (Å²) >= 11 is 0. The minimum Gasteiger partial charge on any atom is -0.374 e. The molecule has 0 N–H and O–H groups in total. The van der Waals surface area contributed by atoms with Gasteiger partial charge in [0.05, 0.1) is 12.2 Å². The van der Waals surface area contributed by atoms with E-state index in [-0.39, 0.29) is 0 Å². The third-order valence-electron chi connectivity index (χ3n) is 3.47. The van der Waals surface area contributed by atoms with Crippen molar-refractivity contribution >= 4 is 0 Å². The van der Waals surface area contributed by atoms with Crippen LogP contribution < -0.4 is 0 Å². The molecule has 0 saturated carbocycles. The summed E-state index contributed by atoms with van der Waals surface area (Å²) in [6.07, 6.45) is 6.28. The lowest BCUT2D eigenvalue weighted by Gasteiger charge is -2.38. The van der Waals surface area contributed by atoms with Gasteiger partial charge in [0.15, 0.2) is 0 Å². The van der Waals surface area contributed by atoms with E-state index in [4.69, 9.17) is 4.74 Å². The topological polar surface area (TPSA) is 12.5 Å². The first-order chi connectivity index (χ1) is 6.27. The van der Waals surface area contributed by atoms with Crippen LogP contribution in [0.25, 0.3) is 0 Å². The number of rotatable bonds is 1. The molecule has 0 aliphatic carbocycles. The van der Waals surface area contributed by atoms with Crippen LogP contribution in [0.1, 0.15) is 39.5 Å². The van der Waals surface area contributed by atoms with Crippen molar-refractivity contribution in [3.05, 3.63) is 0 Å². The average molecular weight is 183 g/mol. The zero-order chi connectivity index (χ0) is 9.26. The van der Waals surface area contributed by atoms with E-state index in [9.17, 15) is 0 Å². The molecule has 76 valence electrons. The van der Waals surface area contributed by atoms with E-state index in [1.54, 1.807) is 0 Å². The van der Waals surface area contributed by atoms with Crippen molar-refractivity contribution in [3.63, 3.8) is 0 Å². The van der Waals surface area contributed by atoms with Gasteiger partial charge in [-0.3, -0.25) is 4.90 Å². The highest BCUT2D eigenvalue weighted by Crippen LogP contribution is 2.26. The summed E-state index contributed by atoms with van der Waals surface area (Å²) in [6.45, 7) is 7.02. The van der Waals surface area contributed by atoms with Crippen molar-refractivity contribution in [1.29, 1.82) is 0 Å². The van der Waals surface area contributed by atoms with Crippen molar-refractivity contribution in [2.75, 3.05) is 13.1 Å². The molecule has 2 fully saturated rings. The Balaban J connectivity index is 1.91. The highest BCUT2D eigenvalue weighted by atomic mass is 16.5. The molecule has 2 aliphatic heterocycles. The lowest BCUT2D eigenvalue weighted by Crippen LogP contribution is -2.46. The molecule has 2 heteroatoms. The van der Waals surface area contributed by atoms with Crippen LogP contribution in [0.2, 0.25) is 0 Å². The van der Waals surface area contributed by atoms with E-state index >= 15 is 0 Å². The lowest BCUT2D eigenvalue weighted by molar-refractivity contribution is -0.0774. The first-order valence-electron chi connectivity index (χ1n) is 5.67. The normalized spacial score (nSPS) is 42.5. The van der Waals surface area contributed by atoms with Crippen LogP contribution in [-0.2, 0) is 4.74 Å². The highest BCUT2D eigenvalue weighted by Gasteiger charge is 2.31. The molecule has 3 unspecified atom stereocenters. The molecule has 0 aromatic carbocycles. The molecule has 0 aromatic heterocycles. The van der Waals surface area contributed by atoms with E-state index in [1.807, 2.05) is 0 Å². The molecule has 0 bridgehead atoms. The predicted molar refractivity (Wildman–Crippen MR) is 53.8 cm³/mol. The maximum absolute atomic E-state index is 5.87. The molecule has 3 atom stereocenters. The Morgan fingerprint density at radius 2 is 1.77 bits per heavy atom. The molecule has 2 aliphatic rings. The second-order valence-corrected chi connectivity index (χ2v) is 4.54. The Bertz CT molecular complexity index is 165. The van der Waals surface area contributed by atoms with Crippen LogP contribution in [0, 0.1) is 0 Å². The molecule has 0 aromatic rings. The van der Waals surface area contributed by atoms with Gasteiger partial charge in [0, 0.05) is 6.04 Å². The second-order valence-electron chi connectivity index (χ2n) is 4.54. The zero-order valence-electron chi connectivity index (χ0n) is 8.83. The van der Waals surface area contributed by atoms with Crippen molar-refractivity contribution in [2.45, 2.75) is 57.8 Å². The lowest BCUT2D eigenvalue weighted by atomic mass is 9.99. The Morgan fingerprint density at radius 3 is 2.38 bits per heavy atom. The number of hydrogen-bond donors (Lipinski definition) is 0. The van der Waals surface area contributed by atoms with E-state index < -0.39 is 0 Å². The minimum absolute atomic E-state index is 0.446. The summed E-state index contributed by atoms with van der Waals surface area (Å²) in [5.74, 6) is 0. The van der Waals surface area contributed by atoms with E-state index in [1.165, 1.54) is 38.8 Å². The standard InChI is InChI=1S/C11H21NO/c1-9-5-6-11(10(2)13-9)12-7-3-4-8-12/h9-11H,3-8H2,1-2H3. The first kappa shape index (κ1) is 9.47. The van der Waals surface area contributed by atoms with Crippen LogP contribution in [0.15, 0.2) is 0 Å². The van der Waals surface area contributed by atoms with Crippen LogP contribution in [0.4, 0.5) is 0 Å². The largest absolute Gasteiger partial charge is 0.374 e. The molecular weight excluding hydrogens is 162 g/mol. The first-order valence-corrected chi connectivity index (χ1v) is 5.67. The summed E-state index contributed by atoms with van der Waals surface area (Å²) in [4.78, 5) is 2.62. The summed E-state index contributed by atoms with van der Waals surface area (Å²) < 4.78 is 5.87. The quantitative estimate of drug-likeness (QED) is 0.617. The van der Waals surface area contributed by atoms with Crippen molar-refractivity contribution in [1.82, 2.24) is 4.90 Å². The van der Waals surface area contributed by atoms with Gasteiger partial charge in [-0.15, -0.1) is 0 Å². The fraction of sp³-hybridized carbons (Fsp3) is 1.00. The van der Waals surface area contributed by atoms with Crippen molar-refractivity contribution in [3.8, 4) is 0 Å². The maximum Gasteiger partial charge on any atom is 0.0705 e. The second kappa shape index (κ2) is 3.97. The molecule has 13 heavy (non-hydrogen) atoms. The molecule has 0 amide bonds. The number of hydrogen-bond acceptors (Lipinski definition) is 2. The van der Waals surface area contributed by atoms with E-state index in [0.717, 1.165) is 0 Å². The Labute approximate surface area is 81.3 Å². The number of ether oxygens (including phenoxy) is 1. The molecule has 2 saturated heterocycles. The molecular formula is C11H21NO. The minimum atomic E-state index is 0.446. The predicted octanol–water partition coefficient (Wildman–Crippen LogP) is 2.04. The molecule has 0 spiro atoms. The molecule has 2 nitrogen and oxygen atoms in total. The van der Waals surface area contributed by atoms with Gasteiger partial charge < -0.3 is 4.74 Å². The van der Waals surface area contributed by atoms with Gasteiger partial charge in [-0.05, 0) is 52.6 Å². The smallest absolute Gasteiger partial charge is 0.0705 e. The van der Waals surface area contributed by atoms with Crippen LogP contribution in [0.3, 0.4) is 0 Å². The van der Waals surface area contributed by atoms with E-state index in [2.05, 4.69) is 18.7 Å². The van der Waals surface area contributed by atoms with Crippen LogP contribution in [-0.4, -0.2) is 36.2 Å². The van der Waals surface area contributed by atoms with Gasteiger partial charge in [-0.25, -0.2) is 0 Å².